The van der Waals surface area contributed by atoms with Gasteiger partial charge in [0.15, 0.2) is 5.78 Å². The molecule has 5 nitrogen and oxygen atoms in total. The Hall–Kier alpha value is -2.82. The fourth-order valence-electron chi connectivity index (χ4n) is 1.78. The van der Waals surface area contributed by atoms with Gasteiger partial charge in [0, 0.05) is 23.0 Å². The fraction of sp³-hybridized carbons (Fsp3) is 0.125. The second kappa shape index (κ2) is 6.56. The minimum absolute atomic E-state index is 0.0117. The smallest absolute Gasteiger partial charge is 0.323 e. The predicted molar refractivity (Wildman–Crippen MR) is 82.1 cm³/mol. The molecule has 0 heterocycles. The van der Waals surface area contributed by atoms with E-state index in [2.05, 4.69) is 10.6 Å². The summed E-state index contributed by atoms with van der Waals surface area (Å²) in [6.45, 7) is 1.50. The number of Topliss-reactive ketones (excluding diaryl/α,β-unsaturated/α-hetero) is 1. The standard InChI is InChI=1S/C16H16N2O3/c1-11(19)12-6-8-13(9-7-12)17-16(20)18-14-4-3-5-15(10-14)21-2/h3-10H,1-2H3,(H2,17,18,20). The minimum atomic E-state index is -0.362. The second-order valence-electron chi connectivity index (χ2n) is 4.44. The van der Waals surface area contributed by atoms with Crippen molar-refractivity contribution in [1.82, 2.24) is 0 Å². The highest BCUT2D eigenvalue weighted by Gasteiger charge is 2.04. The number of hydrogen-bond donors (Lipinski definition) is 2. The third kappa shape index (κ3) is 4.07. The van der Waals surface area contributed by atoms with Gasteiger partial charge in [-0.25, -0.2) is 4.79 Å². The van der Waals surface area contributed by atoms with Gasteiger partial charge >= 0.3 is 6.03 Å². The summed E-state index contributed by atoms with van der Waals surface area (Å²) < 4.78 is 5.09. The first-order chi connectivity index (χ1) is 10.1. The average Bonchev–Trinajstić information content (AvgIpc) is 2.47. The number of nitrogens with one attached hydrogen (secondary N) is 2. The molecule has 0 saturated carbocycles. The number of urea groups is 1. The van der Waals surface area contributed by atoms with Crippen LogP contribution in [0.2, 0.25) is 0 Å². The number of hydrogen-bond acceptors (Lipinski definition) is 3. The third-order valence-electron chi connectivity index (χ3n) is 2.88. The van der Waals surface area contributed by atoms with E-state index in [0.717, 1.165) is 0 Å². The van der Waals surface area contributed by atoms with Crippen molar-refractivity contribution in [2.24, 2.45) is 0 Å². The molecule has 0 radical (unpaired) electrons. The van der Waals surface area contributed by atoms with Gasteiger partial charge in [-0.3, -0.25) is 4.79 Å². The van der Waals surface area contributed by atoms with Crippen molar-refractivity contribution in [3.8, 4) is 5.75 Å². The molecule has 2 N–H and O–H groups in total. The van der Waals surface area contributed by atoms with Crippen molar-refractivity contribution in [3.63, 3.8) is 0 Å². The van der Waals surface area contributed by atoms with E-state index in [4.69, 9.17) is 4.74 Å². The highest BCUT2D eigenvalue weighted by molar-refractivity contribution is 6.00. The molecule has 2 amide bonds. The molecule has 5 heteroatoms. The van der Waals surface area contributed by atoms with Crippen molar-refractivity contribution >= 4 is 23.2 Å². The molecule has 2 rings (SSSR count). The molecule has 0 aliphatic rings. The zero-order chi connectivity index (χ0) is 15.2. The molecule has 0 atom stereocenters. The zero-order valence-corrected chi connectivity index (χ0v) is 11.8. The summed E-state index contributed by atoms with van der Waals surface area (Å²) in [7, 11) is 1.57. The number of methoxy groups -OCH3 is 1. The van der Waals surface area contributed by atoms with E-state index in [-0.39, 0.29) is 11.8 Å². The van der Waals surface area contributed by atoms with Gasteiger partial charge in [-0.2, -0.15) is 0 Å². The molecule has 0 aliphatic heterocycles. The Morgan fingerprint density at radius 1 is 0.952 bits per heavy atom. The van der Waals surface area contributed by atoms with Gasteiger partial charge in [0.05, 0.1) is 7.11 Å². The first kappa shape index (κ1) is 14.6. The summed E-state index contributed by atoms with van der Waals surface area (Å²) >= 11 is 0. The molecule has 0 unspecified atom stereocenters. The van der Waals surface area contributed by atoms with E-state index >= 15 is 0 Å². The summed E-state index contributed by atoms with van der Waals surface area (Å²) in [5.41, 5.74) is 1.85. The van der Waals surface area contributed by atoms with Gasteiger partial charge in [-0.15, -0.1) is 0 Å². The van der Waals surface area contributed by atoms with E-state index in [1.165, 1.54) is 6.92 Å². The molecule has 0 bridgehead atoms. The van der Waals surface area contributed by atoms with Crippen molar-refractivity contribution in [2.75, 3.05) is 17.7 Å². The predicted octanol–water partition coefficient (Wildman–Crippen LogP) is 3.54. The molecule has 21 heavy (non-hydrogen) atoms. The Labute approximate surface area is 122 Å². The zero-order valence-electron chi connectivity index (χ0n) is 11.8. The lowest BCUT2D eigenvalue weighted by molar-refractivity contribution is 0.101. The van der Waals surface area contributed by atoms with E-state index in [1.54, 1.807) is 55.6 Å². The lowest BCUT2D eigenvalue weighted by atomic mass is 10.1. The number of ketones is 1. The number of ether oxygens (including phenoxy) is 1. The molecular formula is C16H16N2O3. The highest BCUT2D eigenvalue weighted by Crippen LogP contribution is 2.17. The van der Waals surface area contributed by atoms with Crippen molar-refractivity contribution in [2.45, 2.75) is 6.92 Å². The van der Waals surface area contributed by atoms with E-state index < -0.39 is 0 Å². The summed E-state index contributed by atoms with van der Waals surface area (Å²) in [4.78, 5) is 23.0. The van der Waals surface area contributed by atoms with E-state index in [9.17, 15) is 9.59 Å². The average molecular weight is 284 g/mol. The highest BCUT2D eigenvalue weighted by atomic mass is 16.5. The molecule has 108 valence electrons. The van der Waals surface area contributed by atoms with Crippen LogP contribution in [0.3, 0.4) is 0 Å². The first-order valence-electron chi connectivity index (χ1n) is 6.41. The monoisotopic (exact) mass is 284 g/mol. The molecular weight excluding hydrogens is 268 g/mol. The molecule has 0 aromatic heterocycles. The number of benzene rings is 2. The number of anilines is 2. The number of rotatable bonds is 4. The van der Waals surface area contributed by atoms with E-state index in [0.29, 0.717) is 22.7 Å². The molecule has 0 spiro atoms. The Morgan fingerprint density at radius 2 is 1.62 bits per heavy atom. The number of amides is 2. The van der Waals surface area contributed by atoms with Crippen LogP contribution >= 0.6 is 0 Å². The SMILES string of the molecule is COc1cccc(NC(=O)Nc2ccc(C(C)=O)cc2)c1. The van der Waals surface area contributed by atoms with Crippen LogP contribution in [0.4, 0.5) is 16.2 Å². The Balaban J connectivity index is 1.99. The van der Waals surface area contributed by atoms with Crippen LogP contribution < -0.4 is 15.4 Å². The summed E-state index contributed by atoms with van der Waals surface area (Å²) in [6.07, 6.45) is 0. The lowest BCUT2D eigenvalue weighted by Crippen LogP contribution is -2.19. The topological polar surface area (TPSA) is 67.4 Å². The van der Waals surface area contributed by atoms with E-state index in [1.807, 2.05) is 0 Å². The molecule has 0 aliphatic carbocycles. The normalized spacial score (nSPS) is 9.81. The summed E-state index contributed by atoms with van der Waals surface area (Å²) in [5.74, 6) is 0.654. The molecule has 2 aromatic rings. The van der Waals surface area contributed by atoms with Gasteiger partial charge in [-0.1, -0.05) is 6.07 Å². The van der Waals surface area contributed by atoms with Crippen molar-refractivity contribution < 1.29 is 14.3 Å². The lowest BCUT2D eigenvalue weighted by Gasteiger charge is -2.09. The van der Waals surface area contributed by atoms with Crippen LogP contribution in [0.15, 0.2) is 48.5 Å². The maximum absolute atomic E-state index is 11.9. The van der Waals surface area contributed by atoms with Crippen LogP contribution in [0.5, 0.6) is 5.75 Å². The third-order valence-corrected chi connectivity index (χ3v) is 2.88. The minimum Gasteiger partial charge on any atom is -0.497 e. The molecule has 0 fully saturated rings. The summed E-state index contributed by atoms with van der Waals surface area (Å²) in [5, 5.41) is 5.40. The Kier molecular flexibility index (Phi) is 4.56. The summed E-state index contributed by atoms with van der Waals surface area (Å²) in [6, 6.07) is 13.4. The van der Waals surface area contributed by atoms with Gasteiger partial charge in [0.1, 0.15) is 5.75 Å². The van der Waals surface area contributed by atoms with Gasteiger partial charge in [0.25, 0.3) is 0 Å². The molecule has 2 aromatic carbocycles. The Morgan fingerprint density at radius 3 is 2.24 bits per heavy atom. The van der Waals surface area contributed by atoms with Crippen LogP contribution in [-0.4, -0.2) is 18.9 Å². The van der Waals surface area contributed by atoms with Crippen LogP contribution in [-0.2, 0) is 0 Å². The van der Waals surface area contributed by atoms with Gasteiger partial charge in [-0.05, 0) is 43.3 Å². The maximum atomic E-state index is 11.9. The second-order valence-corrected chi connectivity index (χ2v) is 4.44. The van der Waals surface area contributed by atoms with Crippen molar-refractivity contribution in [3.05, 3.63) is 54.1 Å². The van der Waals surface area contributed by atoms with Crippen LogP contribution in [0.1, 0.15) is 17.3 Å². The van der Waals surface area contributed by atoms with Crippen LogP contribution in [0.25, 0.3) is 0 Å². The Bertz CT molecular complexity index is 651. The van der Waals surface area contributed by atoms with Gasteiger partial charge in [0.2, 0.25) is 0 Å². The largest absolute Gasteiger partial charge is 0.497 e. The fourth-order valence-corrected chi connectivity index (χ4v) is 1.78. The quantitative estimate of drug-likeness (QED) is 0.844. The molecule has 0 saturated heterocycles. The first-order valence-corrected chi connectivity index (χ1v) is 6.41. The van der Waals surface area contributed by atoms with Crippen molar-refractivity contribution in [1.29, 1.82) is 0 Å². The van der Waals surface area contributed by atoms with Gasteiger partial charge < -0.3 is 15.4 Å². The number of carbonyl (C=O) groups is 2. The van der Waals surface area contributed by atoms with Crippen LogP contribution in [0, 0.1) is 0 Å². The number of carbonyl (C=O) groups excluding carboxylic acids is 2. The maximum Gasteiger partial charge on any atom is 0.323 e.